The lowest BCUT2D eigenvalue weighted by Gasteiger charge is -2.19. The lowest BCUT2D eigenvalue weighted by atomic mass is 9.85. The Morgan fingerprint density at radius 1 is 0.417 bits per heavy atom. The van der Waals surface area contributed by atoms with E-state index in [1.165, 1.54) is 11.1 Å². The summed E-state index contributed by atoms with van der Waals surface area (Å²) < 4.78 is 0. The monoisotopic (exact) mass is 468 g/mol. The molecule has 0 atom stereocenters. The molecule has 0 radical (unpaired) electrons. The number of hydrogen-bond acceptors (Lipinski definition) is 4. The lowest BCUT2D eigenvalue weighted by molar-refractivity contribution is 0.591. The van der Waals surface area contributed by atoms with E-state index in [1.807, 2.05) is 12.1 Å². The first-order valence-electron chi connectivity index (χ1n) is 11.7. The van der Waals surface area contributed by atoms with Gasteiger partial charge in [-0.15, -0.1) is 0 Å². The highest BCUT2D eigenvalue weighted by molar-refractivity contribution is 5.87. The summed E-state index contributed by atoms with van der Waals surface area (Å²) in [5.41, 5.74) is 4.37. The molecular formula is C32H28N4. The fourth-order valence-electron chi connectivity index (χ4n) is 3.90. The van der Waals surface area contributed by atoms with Crippen molar-refractivity contribution in [2.24, 2.45) is 0 Å². The maximum absolute atomic E-state index is 9.04. The molecule has 0 aromatic heterocycles. The smallest absolute Gasteiger partial charge is 0.101 e. The van der Waals surface area contributed by atoms with Crippen LogP contribution < -0.4 is 0 Å². The zero-order valence-electron chi connectivity index (χ0n) is 21.6. The van der Waals surface area contributed by atoms with Gasteiger partial charge in [-0.2, -0.15) is 21.0 Å². The average molecular weight is 469 g/mol. The van der Waals surface area contributed by atoms with Crippen molar-refractivity contribution >= 4 is 21.5 Å². The van der Waals surface area contributed by atoms with Gasteiger partial charge in [0.25, 0.3) is 0 Å². The van der Waals surface area contributed by atoms with Crippen LogP contribution in [0.4, 0.5) is 0 Å². The fraction of sp³-hybridized carbons (Fsp3) is 0.250. The highest BCUT2D eigenvalue weighted by atomic mass is 14.3. The summed E-state index contributed by atoms with van der Waals surface area (Å²) >= 11 is 0. The van der Waals surface area contributed by atoms with Gasteiger partial charge in [-0.25, -0.2) is 0 Å². The normalized spacial score (nSPS) is 10.9. The van der Waals surface area contributed by atoms with Gasteiger partial charge in [-0.05, 0) is 67.8 Å². The van der Waals surface area contributed by atoms with Crippen LogP contribution in [-0.2, 0) is 10.8 Å². The first kappa shape index (κ1) is 26.0. The van der Waals surface area contributed by atoms with Gasteiger partial charge in [0.1, 0.15) is 24.3 Å². The number of fused-ring (bicyclic) bond motifs is 2. The van der Waals surface area contributed by atoms with Gasteiger partial charge in [-0.1, -0.05) is 77.9 Å². The van der Waals surface area contributed by atoms with Crippen molar-refractivity contribution in [3.63, 3.8) is 0 Å². The molecule has 36 heavy (non-hydrogen) atoms. The average Bonchev–Trinajstić information content (AvgIpc) is 2.85. The topological polar surface area (TPSA) is 95.2 Å². The highest BCUT2D eigenvalue weighted by Gasteiger charge is 2.15. The minimum Gasteiger partial charge on any atom is -0.192 e. The molecule has 0 aliphatic rings. The largest absolute Gasteiger partial charge is 0.192 e. The Hall–Kier alpha value is -4.64. The molecule has 0 saturated carbocycles. The van der Waals surface area contributed by atoms with Crippen LogP contribution in [0, 0.1) is 45.3 Å². The van der Waals surface area contributed by atoms with Crippen molar-refractivity contribution < 1.29 is 0 Å². The SMILES string of the molecule is CC(C)(C)c1ccc2cc(C#N)c(C#N)cc2c1.CC(C)(C)c1ccc2cc(C#N)c(C#N)cc2c1. The van der Waals surface area contributed by atoms with Crippen LogP contribution in [-0.4, -0.2) is 0 Å². The minimum absolute atomic E-state index is 0.0783. The van der Waals surface area contributed by atoms with Crippen LogP contribution in [0.3, 0.4) is 0 Å². The van der Waals surface area contributed by atoms with Gasteiger partial charge >= 0.3 is 0 Å². The number of benzene rings is 4. The maximum Gasteiger partial charge on any atom is 0.101 e. The quantitative estimate of drug-likeness (QED) is 0.263. The van der Waals surface area contributed by atoms with Crippen molar-refractivity contribution in [2.75, 3.05) is 0 Å². The molecule has 4 rings (SSSR count). The number of nitriles is 4. The summed E-state index contributed by atoms with van der Waals surface area (Å²) in [7, 11) is 0. The summed E-state index contributed by atoms with van der Waals surface area (Å²) in [5, 5.41) is 40.1. The molecule has 0 amide bonds. The molecule has 4 aromatic rings. The molecule has 4 nitrogen and oxygen atoms in total. The first-order chi connectivity index (χ1) is 16.9. The summed E-state index contributed by atoms with van der Waals surface area (Å²) in [5.74, 6) is 0. The highest BCUT2D eigenvalue weighted by Crippen LogP contribution is 2.29. The molecule has 0 aliphatic carbocycles. The Labute approximate surface area is 213 Å². The van der Waals surface area contributed by atoms with Crippen molar-refractivity contribution in [1.82, 2.24) is 0 Å². The molecule has 0 saturated heterocycles. The summed E-state index contributed by atoms with van der Waals surface area (Å²) in [4.78, 5) is 0. The van der Waals surface area contributed by atoms with E-state index in [2.05, 4.69) is 90.1 Å². The molecule has 176 valence electrons. The van der Waals surface area contributed by atoms with Gasteiger partial charge in [0.2, 0.25) is 0 Å². The molecule has 0 heterocycles. The summed E-state index contributed by atoms with van der Waals surface area (Å²) in [6, 6.07) is 27.8. The predicted octanol–water partition coefficient (Wildman–Crippen LogP) is 7.76. The Balaban J connectivity index is 0.000000201. The van der Waals surface area contributed by atoms with E-state index in [-0.39, 0.29) is 10.8 Å². The molecule has 0 spiro atoms. The van der Waals surface area contributed by atoms with Gasteiger partial charge in [-0.3, -0.25) is 0 Å². The molecule has 0 fully saturated rings. The van der Waals surface area contributed by atoms with Crippen LogP contribution >= 0.6 is 0 Å². The van der Waals surface area contributed by atoms with E-state index in [0.29, 0.717) is 22.3 Å². The molecule has 0 aliphatic heterocycles. The maximum atomic E-state index is 9.04. The van der Waals surface area contributed by atoms with Crippen molar-refractivity contribution in [2.45, 2.75) is 52.4 Å². The minimum atomic E-state index is 0.0783. The predicted molar refractivity (Wildman–Crippen MR) is 144 cm³/mol. The zero-order valence-corrected chi connectivity index (χ0v) is 21.6. The Morgan fingerprint density at radius 3 is 0.944 bits per heavy atom. The van der Waals surface area contributed by atoms with Crippen LogP contribution in [0.2, 0.25) is 0 Å². The standard InChI is InChI=1S/2C16H14N2/c2*1-16(2,3)15-5-4-11-6-13(9-17)14(10-18)7-12(11)8-15/h2*4-8H,1-3H3. The van der Waals surface area contributed by atoms with Crippen molar-refractivity contribution in [3.05, 3.63) is 94.0 Å². The second-order valence-electron chi connectivity index (χ2n) is 10.9. The Kier molecular flexibility index (Phi) is 7.16. The van der Waals surface area contributed by atoms with Gasteiger partial charge in [0.15, 0.2) is 0 Å². The molecule has 0 bridgehead atoms. The summed E-state index contributed by atoms with van der Waals surface area (Å²) in [6.07, 6.45) is 0. The molecule has 4 heteroatoms. The van der Waals surface area contributed by atoms with Gasteiger partial charge in [0.05, 0.1) is 22.3 Å². The van der Waals surface area contributed by atoms with Crippen LogP contribution in [0.15, 0.2) is 60.7 Å². The second kappa shape index (κ2) is 9.92. The number of hydrogen-bond donors (Lipinski definition) is 0. The molecule has 0 N–H and O–H groups in total. The van der Waals surface area contributed by atoms with Crippen molar-refractivity contribution in [3.8, 4) is 24.3 Å². The third-order valence-electron chi connectivity index (χ3n) is 6.17. The van der Waals surface area contributed by atoms with E-state index in [9.17, 15) is 0 Å². The molecule has 4 aromatic carbocycles. The van der Waals surface area contributed by atoms with Crippen LogP contribution in [0.25, 0.3) is 21.5 Å². The van der Waals surface area contributed by atoms with Gasteiger partial charge in [0, 0.05) is 0 Å². The lowest BCUT2D eigenvalue weighted by Crippen LogP contribution is -2.10. The Morgan fingerprint density at radius 2 is 0.694 bits per heavy atom. The van der Waals surface area contributed by atoms with E-state index in [1.54, 1.807) is 24.3 Å². The van der Waals surface area contributed by atoms with E-state index >= 15 is 0 Å². The van der Waals surface area contributed by atoms with Crippen LogP contribution in [0.5, 0.6) is 0 Å². The van der Waals surface area contributed by atoms with Gasteiger partial charge < -0.3 is 0 Å². The summed E-state index contributed by atoms with van der Waals surface area (Å²) in [6.45, 7) is 12.9. The third kappa shape index (κ3) is 5.53. The van der Waals surface area contributed by atoms with Crippen molar-refractivity contribution in [1.29, 1.82) is 21.0 Å². The first-order valence-corrected chi connectivity index (χ1v) is 11.7. The van der Waals surface area contributed by atoms with E-state index in [4.69, 9.17) is 21.0 Å². The fourth-order valence-corrected chi connectivity index (χ4v) is 3.90. The third-order valence-corrected chi connectivity index (χ3v) is 6.17. The Bertz CT molecular complexity index is 1510. The molecular weight excluding hydrogens is 440 g/mol. The molecule has 0 unspecified atom stereocenters. The number of nitrogens with zero attached hydrogens (tertiary/aromatic N) is 4. The number of rotatable bonds is 0. The second-order valence-corrected chi connectivity index (χ2v) is 10.9. The van der Waals surface area contributed by atoms with E-state index < -0.39 is 0 Å². The van der Waals surface area contributed by atoms with Crippen LogP contribution in [0.1, 0.15) is 74.9 Å². The zero-order chi connectivity index (χ0) is 26.7. The van der Waals surface area contributed by atoms with E-state index in [0.717, 1.165) is 21.5 Å².